The Morgan fingerprint density at radius 1 is 0.882 bits per heavy atom. The predicted octanol–water partition coefficient (Wildman–Crippen LogP) is 2.35. The monoisotopic (exact) mass is 455 g/mol. The number of imidazole rings is 1. The number of rotatable bonds is 5. The number of hydrogen-bond acceptors (Lipinski definition) is 6. The lowest BCUT2D eigenvalue weighted by Gasteiger charge is -2.11. The van der Waals surface area contributed by atoms with Gasteiger partial charge in [-0.15, -0.1) is 0 Å². The molecule has 0 unspecified atom stereocenters. The Kier molecular flexibility index (Phi) is 5.23. The van der Waals surface area contributed by atoms with Crippen LogP contribution in [0.4, 0.5) is 5.69 Å². The average molecular weight is 455 g/mol. The van der Waals surface area contributed by atoms with E-state index in [1.165, 1.54) is 0 Å². The second kappa shape index (κ2) is 8.51. The van der Waals surface area contributed by atoms with Crippen LogP contribution >= 0.6 is 0 Å². The third-order valence-electron chi connectivity index (χ3n) is 5.13. The summed E-state index contributed by atoms with van der Waals surface area (Å²) in [5.74, 6) is -1.42. The summed E-state index contributed by atoms with van der Waals surface area (Å²) in [6, 6.07) is 20.1. The molecule has 168 valence electrons. The van der Waals surface area contributed by atoms with Crippen LogP contribution in [0.1, 0.15) is 10.5 Å². The van der Waals surface area contributed by atoms with E-state index in [-0.39, 0.29) is 16.9 Å². The number of amides is 1. The number of aromatic nitrogens is 4. The van der Waals surface area contributed by atoms with Crippen LogP contribution in [0.5, 0.6) is 0 Å². The smallest absolute Gasteiger partial charge is 0.359 e. The fraction of sp³-hybridized carbons (Fsp3) is 0.0417. The van der Waals surface area contributed by atoms with E-state index < -0.39 is 18.5 Å². The summed E-state index contributed by atoms with van der Waals surface area (Å²) in [5, 5.41) is 7.46. The molecule has 3 N–H and O–H groups in total. The molecule has 5 rings (SSSR count). The molecule has 2 aromatic heterocycles. The van der Waals surface area contributed by atoms with Crippen molar-refractivity contribution < 1.29 is 14.3 Å². The molecule has 0 radical (unpaired) electrons. The van der Waals surface area contributed by atoms with Crippen molar-refractivity contribution in [3.05, 3.63) is 99.3 Å². The predicted molar refractivity (Wildman–Crippen MR) is 125 cm³/mol. The minimum atomic E-state index is -0.846. The number of carbonyl (C=O) groups is 2. The molecular weight excluding hydrogens is 438 g/mol. The molecule has 5 aromatic rings. The van der Waals surface area contributed by atoms with Crippen LogP contribution in [0, 0.1) is 0 Å². The Morgan fingerprint density at radius 3 is 2.38 bits per heavy atom. The van der Waals surface area contributed by atoms with Gasteiger partial charge in [0.2, 0.25) is 0 Å². The second-order valence-electron chi connectivity index (χ2n) is 7.41. The molecule has 0 aliphatic carbocycles. The standard InChI is InChI=1S/C24H17N5O5/c30-20(25-14-10-11-18-19(12-14)27-24(33)26-18)13-34-23(32)21-16-8-4-5-9-17(16)22(31)29(28-21)15-6-2-1-3-7-15/h1-12H,13H2,(H,25,30)(H2,26,27,33). The third-order valence-corrected chi connectivity index (χ3v) is 5.13. The van der Waals surface area contributed by atoms with Crippen LogP contribution in [-0.4, -0.2) is 38.2 Å². The molecule has 0 bridgehead atoms. The van der Waals surface area contributed by atoms with E-state index in [0.717, 1.165) is 4.68 Å². The zero-order valence-electron chi connectivity index (χ0n) is 17.6. The number of nitrogens with zero attached hydrogens (tertiary/aromatic N) is 2. The number of anilines is 1. The van der Waals surface area contributed by atoms with E-state index >= 15 is 0 Å². The van der Waals surface area contributed by atoms with E-state index in [2.05, 4.69) is 20.4 Å². The Hall–Kier alpha value is -4.99. The summed E-state index contributed by atoms with van der Waals surface area (Å²) < 4.78 is 6.33. The van der Waals surface area contributed by atoms with E-state index in [1.54, 1.807) is 72.8 Å². The maximum Gasteiger partial charge on any atom is 0.359 e. The third kappa shape index (κ3) is 3.95. The number of esters is 1. The Morgan fingerprint density at radius 2 is 1.59 bits per heavy atom. The number of carbonyl (C=O) groups excluding carboxylic acids is 2. The topological polar surface area (TPSA) is 139 Å². The summed E-state index contributed by atoms with van der Waals surface area (Å²) in [6.45, 7) is -0.568. The highest BCUT2D eigenvalue weighted by molar-refractivity contribution is 6.03. The molecule has 3 aromatic carbocycles. The van der Waals surface area contributed by atoms with Crippen molar-refractivity contribution in [2.24, 2.45) is 0 Å². The second-order valence-corrected chi connectivity index (χ2v) is 7.41. The van der Waals surface area contributed by atoms with Gasteiger partial charge in [0.25, 0.3) is 11.5 Å². The van der Waals surface area contributed by atoms with Crippen molar-refractivity contribution in [1.82, 2.24) is 19.7 Å². The number of ether oxygens (including phenoxy) is 1. The summed E-state index contributed by atoms with van der Waals surface area (Å²) in [7, 11) is 0. The molecule has 0 saturated carbocycles. The van der Waals surface area contributed by atoms with E-state index in [0.29, 0.717) is 33.2 Å². The van der Waals surface area contributed by atoms with Crippen LogP contribution in [0.2, 0.25) is 0 Å². The van der Waals surface area contributed by atoms with Crippen molar-refractivity contribution in [2.75, 3.05) is 11.9 Å². The molecule has 0 atom stereocenters. The highest BCUT2D eigenvalue weighted by atomic mass is 16.5. The zero-order chi connectivity index (χ0) is 23.7. The molecule has 0 fully saturated rings. The van der Waals surface area contributed by atoms with Gasteiger partial charge in [-0.25, -0.2) is 9.59 Å². The van der Waals surface area contributed by atoms with Gasteiger partial charge in [0.1, 0.15) is 0 Å². The van der Waals surface area contributed by atoms with Crippen LogP contribution in [0.25, 0.3) is 27.5 Å². The van der Waals surface area contributed by atoms with Crippen molar-refractivity contribution in [3.8, 4) is 5.69 Å². The van der Waals surface area contributed by atoms with Crippen LogP contribution in [0.3, 0.4) is 0 Å². The van der Waals surface area contributed by atoms with Gasteiger partial charge in [0.15, 0.2) is 12.3 Å². The van der Waals surface area contributed by atoms with Crippen molar-refractivity contribution >= 4 is 39.4 Å². The van der Waals surface area contributed by atoms with Crippen LogP contribution in [0.15, 0.2) is 82.4 Å². The summed E-state index contributed by atoms with van der Waals surface area (Å²) in [5.41, 5.74) is 1.21. The number of aromatic amines is 2. The minimum Gasteiger partial charge on any atom is -0.451 e. The first-order chi connectivity index (χ1) is 16.5. The van der Waals surface area contributed by atoms with Crippen molar-refractivity contribution in [2.45, 2.75) is 0 Å². The van der Waals surface area contributed by atoms with Crippen molar-refractivity contribution in [3.63, 3.8) is 0 Å². The zero-order valence-corrected chi connectivity index (χ0v) is 17.6. The van der Waals surface area contributed by atoms with Crippen LogP contribution in [-0.2, 0) is 9.53 Å². The number of hydrogen-bond donors (Lipinski definition) is 3. The summed E-state index contributed by atoms with van der Waals surface area (Å²) >= 11 is 0. The first-order valence-corrected chi connectivity index (χ1v) is 10.3. The molecule has 0 aliphatic heterocycles. The number of nitrogens with one attached hydrogen (secondary N) is 3. The van der Waals surface area contributed by atoms with Gasteiger partial charge in [-0.2, -0.15) is 9.78 Å². The highest BCUT2D eigenvalue weighted by Gasteiger charge is 2.19. The largest absolute Gasteiger partial charge is 0.451 e. The molecule has 0 saturated heterocycles. The fourth-order valence-electron chi connectivity index (χ4n) is 3.59. The average Bonchev–Trinajstić information content (AvgIpc) is 3.23. The van der Waals surface area contributed by atoms with Gasteiger partial charge in [0, 0.05) is 11.1 Å². The molecule has 0 aliphatic rings. The molecule has 10 heteroatoms. The molecular formula is C24H17N5O5. The quantitative estimate of drug-likeness (QED) is 0.348. The Bertz CT molecular complexity index is 1670. The SMILES string of the molecule is O=C(COC(=O)c1nn(-c2ccccc2)c(=O)c2ccccc12)Nc1ccc2[nH]c(=O)[nH]c2c1. The first kappa shape index (κ1) is 20.9. The van der Waals surface area contributed by atoms with Gasteiger partial charge in [0.05, 0.1) is 22.1 Å². The van der Waals surface area contributed by atoms with E-state index in [1.807, 2.05) is 0 Å². The van der Waals surface area contributed by atoms with Gasteiger partial charge in [-0.3, -0.25) is 9.59 Å². The molecule has 10 nitrogen and oxygen atoms in total. The van der Waals surface area contributed by atoms with E-state index in [4.69, 9.17) is 4.74 Å². The number of fused-ring (bicyclic) bond motifs is 2. The number of para-hydroxylation sites is 1. The highest BCUT2D eigenvalue weighted by Crippen LogP contribution is 2.17. The number of benzene rings is 3. The van der Waals surface area contributed by atoms with E-state index in [9.17, 15) is 19.2 Å². The normalized spacial score (nSPS) is 10.9. The molecule has 1 amide bonds. The molecule has 0 spiro atoms. The fourth-order valence-corrected chi connectivity index (χ4v) is 3.59. The lowest BCUT2D eigenvalue weighted by Crippen LogP contribution is -2.26. The molecule has 2 heterocycles. The van der Waals surface area contributed by atoms with Gasteiger partial charge in [-0.05, 0) is 36.4 Å². The number of H-pyrrole nitrogens is 2. The summed E-state index contributed by atoms with van der Waals surface area (Å²) in [6.07, 6.45) is 0. The maximum atomic E-state index is 12.9. The van der Waals surface area contributed by atoms with Gasteiger partial charge in [-0.1, -0.05) is 36.4 Å². The summed E-state index contributed by atoms with van der Waals surface area (Å²) in [4.78, 5) is 54.7. The lowest BCUT2D eigenvalue weighted by molar-refractivity contribution is -0.119. The molecule has 34 heavy (non-hydrogen) atoms. The lowest BCUT2D eigenvalue weighted by atomic mass is 10.1. The first-order valence-electron chi connectivity index (χ1n) is 10.3. The minimum absolute atomic E-state index is 0.0850. The van der Waals surface area contributed by atoms with Gasteiger partial charge >= 0.3 is 11.7 Å². The van der Waals surface area contributed by atoms with Crippen molar-refractivity contribution in [1.29, 1.82) is 0 Å². The Balaban J connectivity index is 1.38. The van der Waals surface area contributed by atoms with Crippen LogP contribution < -0.4 is 16.6 Å². The maximum absolute atomic E-state index is 12.9. The van der Waals surface area contributed by atoms with Gasteiger partial charge < -0.3 is 20.0 Å². The Labute approximate surface area is 190 Å².